The van der Waals surface area contributed by atoms with Crippen LogP contribution in [0.15, 0.2) is 27.6 Å². The van der Waals surface area contributed by atoms with Gasteiger partial charge >= 0.3 is 0 Å². The Balaban J connectivity index is 1.86. The fourth-order valence-corrected chi connectivity index (χ4v) is 5.71. The Labute approximate surface area is 197 Å². The van der Waals surface area contributed by atoms with Crippen LogP contribution in [0, 0.1) is 26.7 Å². The summed E-state index contributed by atoms with van der Waals surface area (Å²) in [6.45, 7) is 12.1. The van der Waals surface area contributed by atoms with E-state index in [1.807, 2.05) is 58.9 Å². The molecule has 1 N–H and O–H groups in total. The van der Waals surface area contributed by atoms with Crippen LogP contribution >= 0.6 is 0 Å². The number of piperidine rings is 1. The zero-order valence-corrected chi connectivity index (χ0v) is 21.3. The second-order valence-electron chi connectivity index (χ2n) is 9.58. The summed E-state index contributed by atoms with van der Waals surface area (Å²) in [6, 6.07) is 6.09. The fraction of sp³-hybridized carbons (Fsp3) is 0.520. The predicted octanol–water partition coefficient (Wildman–Crippen LogP) is 4.48. The first-order chi connectivity index (χ1) is 15.4. The topological polar surface area (TPSA) is 92.5 Å². The number of amides is 1. The predicted molar refractivity (Wildman–Crippen MR) is 130 cm³/mol. The molecule has 1 fully saturated rings. The van der Waals surface area contributed by atoms with Gasteiger partial charge in [-0.2, -0.15) is 4.31 Å². The Hall–Kier alpha value is -2.45. The minimum Gasteiger partial charge on any atom is -0.355 e. The van der Waals surface area contributed by atoms with E-state index < -0.39 is 10.0 Å². The van der Waals surface area contributed by atoms with Gasteiger partial charge in [-0.25, -0.2) is 8.42 Å². The highest BCUT2D eigenvalue weighted by Crippen LogP contribution is 2.30. The first kappa shape index (κ1) is 25.2. The van der Waals surface area contributed by atoms with Crippen molar-refractivity contribution in [3.63, 3.8) is 0 Å². The summed E-state index contributed by atoms with van der Waals surface area (Å²) < 4.78 is 34.0. The van der Waals surface area contributed by atoms with Crippen LogP contribution in [0.2, 0.25) is 0 Å². The Morgan fingerprint density at radius 2 is 2.00 bits per heavy atom. The van der Waals surface area contributed by atoms with E-state index in [-0.39, 0.29) is 34.6 Å². The Kier molecular flexibility index (Phi) is 7.49. The van der Waals surface area contributed by atoms with E-state index in [9.17, 15) is 13.2 Å². The number of carbonyl (C=O) groups excluding carboxylic acids is 1. The van der Waals surface area contributed by atoms with Crippen molar-refractivity contribution in [3.05, 3.63) is 46.3 Å². The van der Waals surface area contributed by atoms with Crippen LogP contribution in [0.25, 0.3) is 12.2 Å². The molecule has 7 nitrogen and oxygen atoms in total. The van der Waals surface area contributed by atoms with E-state index in [0.29, 0.717) is 25.1 Å². The number of rotatable bonds is 7. The summed E-state index contributed by atoms with van der Waals surface area (Å²) in [5.41, 5.74) is 3.17. The Bertz CT molecular complexity index is 1150. The molecule has 1 aromatic carbocycles. The molecule has 180 valence electrons. The molecule has 1 atom stereocenters. The summed E-state index contributed by atoms with van der Waals surface area (Å²) >= 11 is 0. The standard InChI is InChI=1S/C25H35N3O4S/c1-7-25(5,6)26-24(29)21-9-8-14-28(16-21)33(30,31)23-19(4)27-32-22(23)13-12-20-15-17(2)10-11-18(20)3/h10-13,15,21H,7-9,14,16H2,1-6H3,(H,26,29)/b13-12+. The molecule has 1 aliphatic heterocycles. The fourth-order valence-electron chi connectivity index (χ4n) is 3.93. The van der Waals surface area contributed by atoms with Crippen LogP contribution in [0.1, 0.15) is 68.2 Å². The lowest BCUT2D eigenvalue weighted by atomic mass is 9.95. The van der Waals surface area contributed by atoms with Crippen LogP contribution in [0.4, 0.5) is 0 Å². The molecule has 1 amide bonds. The van der Waals surface area contributed by atoms with Crippen molar-refractivity contribution in [3.8, 4) is 0 Å². The van der Waals surface area contributed by atoms with Crippen LogP contribution < -0.4 is 5.32 Å². The summed E-state index contributed by atoms with van der Waals surface area (Å²) in [6.07, 6.45) is 5.60. The van der Waals surface area contributed by atoms with Crippen molar-refractivity contribution in [1.29, 1.82) is 0 Å². The van der Waals surface area contributed by atoms with Crippen LogP contribution in [0.5, 0.6) is 0 Å². The summed E-state index contributed by atoms with van der Waals surface area (Å²) in [7, 11) is -3.87. The Morgan fingerprint density at radius 3 is 2.70 bits per heavy atom. The Morgan fingerprint density at radius 1 is 1.27 bits per heavy atom. The van der Waals surface area contributed by atoms with Crippen molar-refractivity contribution in [1.82, 2.24) is 14.8 Å². The summed E-state index contributed by atoms with van der Waals surface area (Å²) in [5, 5.41) is 6.98. The van der Waals surface area contributed by atoms with Crippen molar-refractivity contribution in [2.45, 2.75) is 71.2 Å². The van der Waals surface area contributed by atoms with Crippen molar-refractivity contribution in [2.24, 2.45) is 5.92 Å². The molecular formula is C25H35N3O4S. The van der Waals surface area contributed by atoms with Gasteiger partial charge in [0, 0.05) is 18.6 Å². The van der Waals surface area contributed by atoms with Gasteiger partial charge in [-0.05, 0) is 71.1 Å². The number of hydrogen-bond acceptors (Lipinski definition) is 5. The zero-order valence-electron chi connectivity index (χ0n) is 20.4. The quantitative estimate of drug-likeness (QED) is 0.640. The summed E-state index contributed by atoms with van der Waals surface area (Å²) in [4.78, 5) is 12.9. The number of benzene rings is 1. The molecule has 0 radical (unpaired) electrons. The van der Waals surface area contributed by atoms with E-state index in [1.54, 1.807) is 13.0 Å². The van der Waals surface area contributed by atoms with Gasteiger partial charge in [0.2, 0.25) is 15.9 Å². The van der Waals surface area contributed by atoms with E-state index in [4.69, 9.17) is 4.52 Å². The summed E-state index contributed by atoms with van der Waals surface area (Å²) in [5.74, 6) is -0.278. The SMILES string of the molecule is CCC(C)(C)NC(=O)C1CCCN(S(=O)(=O)c2c(C)noc2/C=C/c2cc(C)ccc2C)C1. The van der Waals surface area contributed by atoms with Crippen molar-refractivity contribution < 1.29 is 17.7 Å². The normalized spacial score (nSPS) is 18.1. The molecular weight excluding hydrogens is 438 g/mol. The van der Waals surface area contributed by atoms with Gasteiger partial charge in [0.25, 0.3) is 0 Å². The molecule has 0 bridgehead atoms. The number of aromatic nitrogens is 1. The minimum atomic E-state index is -3.87. The minimum absolute atomic E-state index is 0.0685. The molecule has 33 heavy (non-hydrogen) atoms. The third-order valence-electron chi connectivity index (χ3n) is 6.38. The monoisotopic (exact) mass is 473 g/mol. The zero-order chi connectivity index (χ0) is 24.4. The molecule has 1 aliphatic rings. The molecule has 2 aromatic rings. The lowest BCUT2D eigenvalue weighted by molar-refractivity contribution is -0.127. The molecule has 0 aliphatic carbocycles. The molecule has 8 heteroatoms. The number of nitrogens with zero attached hydrogens (tertiary/aromatic N) is 2. The highest BCUT2D eigenvalue weighted by molar-refractivity contribution is 7.89. The van der Waals surface area contributed by atoms with Crippen LogP contribution in [-0.4, -0.2) is 42.4 Å². The largest absolute Gasteiger partial charge is 0.355 e. The number of sulfonamides is 1. The van der Waals surface area contributed by atoms with Crippen LogP contribution in [0.3, 0.4) is 0 Å². The van der Waals surface area contributed by atoms with E-state index in [1.165, 1.54) is 4.31 Å². The van der Waals surface area contributed by atoms with E-state index >= 15 is 0 Å². The first-order valence-electron chi connectivity index (χ1n) is 11.5. The molecule has 1 unspecified atom stereocenters. The van der Waals surface area contributed by atoms with Gasteiger partial charge in [0.1, 0.15) is 5.69 Å². The molecule has 2 heterocycles. The highest BCUT2D eigenvalue weighted by atomic mass is 32.2. The highest BCUT2D eigenvalue weighted by Gasteiger charge is 2.37. The van der Waals surface area contributed by atoms with E-state index in [2.05, 4.69) is 10.5 Å². The molecule has 1 saturated heterocycles. The van der Waals surface area contributed by atoms with Gasteiger partial charge in [-0.15, -0.1) is 0 Å². The average Bonchev–Trinajstić information content (AvgIpc) is 3.15. The van der Waals surface area contributed by atoms with Gasteiger partial charge < -0.3 is 9.84 Å². The number of aryl methyl sites for hydroxylation is 3. The lowest BCUT2D eigenvalue weighted by Gasteiger charge is -2.33. The maximum absolute atomic E-state index is 13.6. The molecule has 3 rings (SSSR count). The van der Waals surface area contributed by atoms with Crippen molar-refractivity contribution >= 4 is 28.1 Å². The van der Waals surface area contributed by atoms with Gasteiger partial charge in [-0.3, -0.25) is 4.79 Å². The maximum Gasteiger partial charge on any atom is 0.248 e. The second-order valence-corrected chi connectivity index (χ2v) is 11.5. The third kappa shape index (κ3) is 5.73. The van der Waals surface area contributed by atoms with Gasteiger partial charge in [0.05, 0.1) is 5.92 Å². The molecule has 0 spiro atoms. The van der Waals surface area contributed by atoms with Crippen LogP contribution in [-0.2, 0) is 14.8 Å². The first-order valence-corrected chi connectivity index (χ1v) is 12.9. The molecule has 1 aromatic heterocycles. The number of hydrogen-bond donors (Lipinski definition) is 1. The van der Waals surface area contributed by atoms with Crippen molar-refractivity contribution in [2.75, 3.05) is 13.1 Å². The third-order valence-corrected chi connectivity index (χ3v) is 8.40. The second kappa shape index (κ2) is 9.81. The maximum atomic E-state index is 13.6. The number of nitrogens with one attached hydrogen (secondary N) is 1. The number of carbonyl (C=O) groups is 1. The lowest BCUT2D eigenvalue weighted by Crippen LogP contribution is -2.50. The van der Waals surface area contributed by atoms with Gasteiger partial charge in [0.15, 0.2) is 10.7 Å². The van der Waals surface area contributed by atoms with E-state index in [0.717, 1.165) is 23.1 Å². The average molecular weight is 474 g/mol. The molecule has 0 saturated carbocycles. The smallest absolute Gasteiger partial charge is 0.248 e. The van der Waals surface area contributed by atoms with Gasteiger partial charge in [-0.1, -0.05) is 41.9 Å².